The molecule has 2 N–H and O–H groups in total. The van der Waals surface area contributed by atoms with Crippen LogP contribution in [-0.4, -0.2) is 30.3 Å². The molecule has 1 aromatic heterocycles. The predicted molar refractivity (Wildman–Crippen MR) is 88.1 cm³/mol. The Kier molecular flexibility index (Phi) is 4.62. The third-order valence-electron chi connectivity index (χ3n) is 3.87. The summed E-state index contributed by atoms with van der Waals surface area (Å²) in [7, 11) is 0. The Morgan fingerprint density at radius 2 is 2.21 bits per heavy atom. The third kappa shape index (κ3) is 3.46. The fourth-order valence-corrected chi connectivity index (χ4v) is 3.52. The minimum absolute atomic E-state index is 0.0192. The van der Waals surface area contributed by atoms with E-state index in [9.17, 15) is 9.18 Å². The van der Waals surface area contributed by atoms with Crippen molar-refractivity contribution >= 4 is 22.6 Å². The molecule has 0 unspecified atom stereocenters. The van der Waals surface area contributed by atoms with Gasteiger partial charge in [0.25, 0.3) is 0 Å². The largest absolute Gasteiger partial charge is 0.446 e. The molecule has 0 radical (unpaired) electrons. The number of hydrogen-bond donors (Lipinski definition) is 1. The second-order valence-electron chi connectivity index (χ2n) is 5.45. The summed E-state index contributed by atoms with van der Waals surface area (Å²) < 4.78 is 18.7. The Hall–Kier alpha value is -2.66. The monoisotopic (exact) mass is 346 g/mol. The number of carbonyl (C=O) groups excluding carboxylic acids is 1. The zero-order chi connectivity index (χ0) is 17.1. The van der Waals surface area contributed by atoms with Crippen molar-refractivity contribution in [1.82, 2.24) is 4.98 Å². The molecule has 1 aliphatic heterocycles. The van der Waals surface area contributed by atoms with E-state index in [1.807, 2.05) is 5.38 Å². The predicted octanol–water partition coefficient (Wildman–Crippen LogP) is 2.88. The van der Waals surface area contributed by atoms with Crippen LogP contribution in [0.15, 0.2) is 23.6 Å². The molecule has 1 aromatic carbocycles. The molecule has 1 saturated heterocycles. The number of piperidine rings is 1. The number of nitriles is 1. The smallest absolute Gasteiger partial charge is 0.404 e. The van der Waals surface area contributed by atoms with Gasteiger partial charge in [0.05, 0.1) is 11.3 Å². The fourth-order valence-electron chi connectivity index (χ4n) is 2.64. The number of rotatable bonds is 3. The normalized spacial score (nSPS) is 15.1. The van der Waals surface area contributed by atoms with Crippen LogP contribution in [0.4, 0.5) is 14.3 Å². The minimum atomic E-state index is -0.743. The number of aromatic nitrogens is 1. The van der Waals surface area contributed by atoms with E-state index in [-0.39, 0.29) is 11.7 Å². The van der Waals surface area contributed by atoms with E-state index in [1.165, 1.54) is 23.5 Å². The first-order chi connectivity index (χ1) is 11.6. The van der Waals surface area contributed by atoms with Crippen LogP contribution in [-0.2, 0) is 4.74 Å². The van der Waals surface area contributed by atoms with E-state index < -0.39 is 11.9 Å². The molecule has 0 saturated carbocycles. The molecule has 24 heavy (non-hydrogen) atoms. The van der Waals surface area contributed by atoms with E-state index in [1.54, 1.807) is 12.1 Å². The molecule has 1 aliphatic rings. The maximum Gasteiger partial charge on any atom is 0.404 e. The summed E-state index contributed by atoms with van der Waals surface area (Å²) >= 11 is 1.48. The van der Waals surface area contributed by atoms with Crippen molar-refractivity contribution in [2.24, 2.45) is 5.73 Å². The molecule has 6 nitrogen and oxygen atoms in total. The van der Waals surface area contributed by atoms with Crippen LogP contribution in [0, 0.1) is 17.1 Å². The Labute approximate surface area is 142 Å². The van der Waals surface area contributed by atoms with Gasteiger partial charge in [-0.2, -0.15) is 5.26 Å². The number of carbonyl (C=O) groups is 1. The maximum atomic E-state index is 13.7. The van der Waals surface area contributed by atoms with E-state index in [4.69, 9.17) is 15.7 Å². The van der Waals surface area contributed by atoms with Gasteiger partial charge in [-0.1, -0.05) is 6.07 Å². The topological polar surface area (TPSA) is 92.2 Å². The van der Waals surface area contributed by atoms with Gasteiger partial charge in [0, 0.05) is 36.9 Å². The highest BCUT2D eigenvalue weighted by molar-refractivity contribution is 7.14. The lowest BCUT2D eigenvalue weighted by Crippen LogP contribution is -2.38. The van der Waals surface area contributed by atoms with Crippen molar-refractivity contribution in [3.05, 3.63) is 35.0 Å². The Balaban J connectivity index is 1.69. The quantitative estimate of drug-likeness (QED) is 0.922. The van der Waals surface area contributed by atoms with Crippen LogP contribution in [0.5, 0.6) is 0 Å². The molecule has 1 fully saturated rings. The van der Waals surface area contributed by atoms with Crippen LogP contribution < -0.4 is 10.6 Å². The van der Waals surface area contributed by atoms with Gasteiger partial charge in [-0.15, -0.1) is 11.3 Å². The standard InChI is InChI=1S/C16H15FN4O2S/c17-13-7-10(1-2-11(13)8-18)14-9-24-16(20-14)21-5-3-12(4-6-21)23-15(19)22/h1-2,7,9,12H,3-6H2,(H2,19,22). The summed E-state index contributed by atoms with van der Waals surface area (Å²) in [5.41, 5.74) is 6.37. The number of nitrogens with two attached hydrogens (primary N) is 1. The van der Waals surface area contributed by atoms with Crippen molar-refractivity contribution in [3.63, 3.8) is 0 Å². The summed E-state index contributed by atoms with van der Waals surface area (Å²) in [6, 6.07) is 6.27. The molecular formula is C16H15FN4O2S. The Bertz CT molecular complexity index is 794. The summed E-state index contributed by atoms with van der Waals surface area (Å²) in [6.07, 6.45) is 0.505. The molecule has 0 atom stereocenters. The number of ether oxygens (including phenoxy) is 1. The van der Waals surface area contributed by atoms with Crippen LogP contribution in [0.1, 0.15) is 18.4 Å². The Morgan fingerprint density at radius 3 is 2.83 bits per heavy atom. The number of halogens is 1. The molecule has 2 heterocycles. The Morgan fingerprint density at radius 1 is 1.46 bits per heavy atom. The number of anilines is 1. The summed E-state index contributed by atoms with van der Waals surface area (Å²) in [6.45, 7) is 1.43. The molecule has 0 aliphatic carbocycles. The zero-order valence-corrected chi connectivity index (χ0v) is 13.6. The van der Waals surface area contributed by atoms with Crippen molar-refractivity contribution < 1.29 is 13.9 Å². The maximum absolute atomic E-state index is 13.7. The number of amides is 1. The first kappa shape index (κ1) is 16.2. The average Bonchev–Trinajstić information content (AvgIpc) is 3.05. The molecule has 1 amide bonds. The van der Waals surface area contributed by atoms with Gasteiger partial charge in [0.1, 0.15) is 18.0 Å². The van der Waals surface area contributed by atoms with Crippen molar-refractivity contribution in [2.45, 2.75) is 18.9 Å². The van der Waals surface area contributed by atoms with Gasteiger partial charge in [-0.25, -0.2) is 14.2 Å². The number of primary amides is 1. The first-order valence-corrected chi connectivity index (χ1v) is 8.31. The van der Waals surface area contributed by atoms with Crippen molar-refractivity contribution in [3.8, 4) is 17.3 Å². The van der Waals surface area contributed by atoms with E-state index >= 15 is 0 Å². The number of benzene rings is 1. The van der Waals surface area contributed by atoms with E-state index in [0.717, 1.165) is 5.13 Å². The van der Waals surface area contributed by atoms with E-state index in [2.05, 4.69) is 9.88 Å². The number of nitrogens with zero attached hydrogens (tertiary/aromatic N) is 3. The first-order valence-electron chi connectivity index (χ1n) is 7.43. The number of thiazole rings is 1. The average molecular weight is 346 g/mol. The molecular weight excluding hydrogens is 331 g/mol. The van der Waals surface area contributed by atoms with Crippen LogP contribution in [0.3, 0.4) is 0 Å². The molecule has 0 spiro atoms. The second-order valence-corrected chi connectivity index (χ2v) is 6.28. The highest BCUT2D eigenvalue weighted by Gasteiger charge is 2.23. The minimum Gasteiger partial charge on any atom is -0.446 e. The van der Waals surface area contributed by atoms with Crippen molar-refractivity contribution in [2.75, 3.05) is 18.0 Å². The fraction of sp³-hybridized carbons (Fsp3) is 0.312. The lowest BCUT2D eigenvalue weighted by molar-refractivity contribution is 0.0912. The van der Waals surface area contributed by atoms with Gasteiger partial charge in [-0.3, -0.25) is 0 Å². The summed E-state index contributed by atoms with van der Waals surface area (Å²) in [4.78, 5) is 17.4. The third-order valence-corrected chi connectivity index (χ3v) is 4.77. The van der Waals surface area contributed by atoms with Crippen LogP contribution in [0.2, 0.25) is 0 Å². The zero-order valence-electron chi connectivity index (χ0n) is 12.7. The number of hydrogen-bond acceptors (Lipinski definition) is 6. The van der Waals surface area contributed by atoms with Gasteiger partial charge in [0.15, 0.2) is 5.13 Å². The lowest BCUT2D eigenvalue weighted by atomic mass is 10.1. The van der Waals surface area contributed by atoms with E-state index in [0.29, 0.717) is 37.2 Å². The lowest BCUT2D eigenvalue weighted by Gasteiger charge is -2.30. The van der Waals surface area contributed by atoms with Gasteiger partial charge < -0.3 is 15.4 Å². The van der Waals surface area contributed by atoms with Crippen LogP contribution >= 0.6 is 11.3 Å². The highest BCUT2D eigenvalue weighted by Crippen LogP contribution is 2.30. The van der Waals surface area contributed by atoms with Crippen molar-refractivity contribution in [1.29, 1.82) is 5.26 Å². The molecule has 8 heteroatoms. The SMILES string of the molecule is N#Cc1ccc(-c2csc(N3CCC(OC(N)=O)CC3)n2)cc1F. The summed E-state index contributed by atoms with van der Waals surface area (Å²) in [5, 5.41) is 11.5. The van der Waals surface area contributed by atoms with Crippen LogP contribution in [0.25, 0.3) is 11.3 Å². The second kappa shape index (κ2) is 6.84. The summed E-state index contributed by atoms with van der Waals surface area (Å²) in [5.74, 6) is -0.547. The molecule has 124 valence electrons. The van der Waals surface area contributed by atoms with Gasteiger partial charge in [-0.05, 0) is 12.1 Å². The highest BCUT2D eigenvalue weighted by atomic mass is 32.1. The molecule has 0 bridgehead atoms. The molecule has 2 aromatic rings. The molecule has 3 rings (SSSR count). The van der Waals surface area contributed by atoms with Gasteiger partial charge in [0.2, 0.25) is 0 Å². The van der Waals surface area contributed by atoms with Gasteiger partial charge >= 0.3 is 6.09 Å².